The summed E-state index contributed by atoms with van der Waals surface area (Å²) in [4.78, 5) is 31.9. The number of aromatic nitrogens is 2. The molecule has 27 heavy (non-hydrogen) atoms. The Morgan fingerprint density at radius 3 is 2.52 bits per heavy atom. The molecule has 0 N–H and O–H groups in total. The summed E-state index contributed by atoms with van der Waals surface area (Å²) in [6.45, 7) is 6.39. The zero-order valence-electron chi connectivity index (χ0n) is 16.8. The maximum Gasteiger partial charge on any atom is 0.257 e. The highest BCUT2D eigenvalue weighted by Crippen LogP contribution is 2.41. The molecule has 0 unspecified atom stereocenters. The van der Waals surface area contributed by atoms with Crippen molar-refractivity contribution >= 4 is 11.8 Å². The smallest absolute Gasteiger partial charge is 0.257 e. The molecule has 148 valence electrons. The summed E-state index contributed by atoms with van der Waals surface area (Å²) < 4.78 is 1.71. The summed E-state index contributed by atoms with van der Waals surface area (Å²) in [6.07, 6.45) is 6.52. The van der Waals surface area contributed by atoms with Gasteiger partial charge in [-0.05, 0) is 51.6 Å². The Morgan fingerprint density at radius 1 is 1.19 bits per heavy atom. The largest absolute Gasteiger partial charge is 0.338 e. The van der Waals surface area contributed by atoms with E-state index >= 15 is 0 Å². The van der Waals surface area contributed by atoms with Gasteiger partial charge in [0.25, 0.3) is 5.91 Å². The number of carbonyl (C=O) groups excluding carboxylic acids is 2. The predicted octanol–water partition coefficient (Wildman–Crippen LogP) is 1.28. The van der Waals surface area contributed by atoms with E-state index < -0.39 is 0 Å². The summed E-state index contributed by atoms with van der Waals surface area (Å²) in [5.74, 6) is 0.419. The van der Waals surface area contributed by atoms with E-state index in [1.165, 1.54) is 0 Å². The molecule has 0 radical (unpaired) electrons. The Labute approximate surface area is 161 Å². The summed E-state index contributed by atoms with van der Waals surface area (Å²) in [7, 11) is 3.98. The molecular weight excluding hydrogens is 342 g/mol. The lowest BCUT2D eigenvalue weighted by atomic mass is 9.72. The van der Waals surface area contributed by atoms with Crippen LogP contribution in [0, 0.1) is 12.3 Å². The van der Waals surface area contributed by atoms with Gasteiger partial charge in [-0.25, -0.2) is 0 Å². The maximum atomic E-state index is 12.9. The molecule has 1 atom stereocenters. The highest BCUT2D eigenvalue weighted by molar-refractivity contribution is 5.95. The van der Waals surface area contributed by atoms with Gasteiger partial charge in [-0.3, -0.25) is 14.3 Å². The van der Waals surface area contributed by atoms with Gasteiger partial charge in [0.1, 0.15) is 0 Å². The number of hydrogen-bond donors (Lipinski definition) is 0. The van der Waals surface area contributed by atoms with Gasteiger partial charge in [0.15, 0.2) is 0 Å². The number of likely N-dealkylation sites (tertiary alicyclic amines) is 3. The van der Waals surface area contributed by atoms with Crippen LogP contribution in [0.5, 0.6) is 0 Å². The first kappa shape index (κ1) is 18.5. The number of piperidine rings is 2. The Morgan fingerprint density at radius 2 is 1.93 bits per heavy atom. The summed E-state index contributed by atoms with van der Waals surface area (Å²) in [5.41, 5.74) is 1.70. The van der Waals surface area contributed by atoms with Gasteiger partial charge in [0.05, 0.1) is 11.3 Å². The summed E-state index contributed by atoms with van der Waals surface area (Å²) in [6, 6.07) is 0.373. The van der Waals surface area contributed by atoms with Crippen molar-refractivity contribution < 1.29 is 9.59 Å². The summed E-state index contributed by atoms with van der Waals surface area (Å²) in [5, 5.41) is 4.30. The van der Waals surface area contributed by atoms with Crippen LogP contribution in [0.15, 0.2) is 6.20 Å². The number of nitrogens with zero attached hydrogens (tertiary/aromatic N) is 5. The second-order valence-electron chi connectivity index (χ2n) is 8.82. The topological polar surface area (TPSA) is 61.7 Å². The van der Waals surface area contributed by atoms with E-state index in [0.29, 0.717) is 23.9 Å². The average Bonchev–Trinajstić information content (AvgIpc) is 3.22. The molecule has 0 saturated carbocycles. The van der Waals surface area contributed by atoms with Crippen molar-refractivity contribution in [1.82, 2.24) is 24.5 Å². The lowest BCUT2D eigenvalue weighted by molar-refractivity contribution is -0.141. The molecule has 4 heterocycles. The zero-order chi connectivity index (χ0) is 19.2. The maximum absolute atomic E-state index is 12.9. The third-order valence-corrected chi connectivity index (χ3v) is 6.86. The molecule has 0 aliphatic carbocycles. The van der Waals surface area contributed by atoms with Crippen LogP contribution < -0.4 is 0 Å². The zero-order valence-corrected chi connectivity index (χ0v) is 16.8. The van der Waals surface area contributed by atoms with Crippen molar-refractivity contribution in [2.75, 3.05) is 39.8 Å². The van der Waals surface area contributed by atoms with E-state index in [-0.39, 0.29) is 11.3 Å². The standard InChI is InChI=1S/C20H31N5O2/c1-15-17(13-23(3)21-15)19(27)24-10-7-20(8-11-24)6-4-18(26)25(14-20)16-5-9-22(2)12-16/h13,16H,4-12,14H2,1-3H3/t16-/m0/s1. The molecule has 7 nitrogen and oxygen atoms in total. The SMILES string of the molecule is Cc1nn(C)cc1C(=O)N1CCC2(CCC(=O)N([C@H]3CCN(C)C3)C2)CC1. The van der Waals surface area contributed by atoms with Crippen LogP contribution in [0.2, 0.25) is 0 Å². The van der Waals surface area contributed by atoms with Gasteiger partial charge < -0.3 is 14.7 Å². The van der Waals surface area contributed by atoms with Crippen LogP contribution in [0.4, 0.5) is 0 Å². The molecule has 3 fully saturated rings. The fourth-order valence-electron chi connectivity index (χ4n) is 5.12. The van der Waals surface area contributed by atoms with Crippen molar-refractivity contribution in [3.8, 4) is 0 Å². The fourth-order valence-corrected chi connectivity index (χ4v) is 5.12. The van der Waals surface area contributed by atoms with E-state index in [1.807, 2.05) is 25.1 Å². The van der Waals surface area contributed by atoms with Gasteiger partial charge >= 0.3 is 0 Å². The van der Waals surface area contributed by atoms with E-state index in [0.717, 1.165) is 64.1 Å². The molecule has 3 aliphatic heterocycles. The van der Waals surface area contributed by atoms with Crippen molar-refractivity contribution in [1.29, 1.82) is 0 Å². The van der Waals surface area contributed by atoms with Crippen LogP contribution in [0.1, 0.15) is 48.2 Å². The van der Waals surface area contributed by atoms with Gasteiger partial charge in [-0.2, -0.15) is 5.10 Å². The Bertz CT molecular complexity index is 735. The first-order valence-corrected chi connectivity index (χ1v) is 10.1. The minimum Gasteiger partial charge on any atom is -0.338 e. The molecule has 7 heteroatoms. The van der Waals surface area contributed by atoms with Crippen LogP contribution >= 0.6 is 0 Å². The van der Waals surface area contributed by atoms with Gasteiger partial charge in [0.2, 0.25) is 5.91 Å². The molecule has 1 spiro atoms. The first-order chi connectivity index (χ1) is 12.9. The molecule has 3 saturated heterocycles. The quantitative estimate of drug-likeness (QED) is 0.783. The molecule has 4 rings (SSSR count). The van der Waals surface area contributed by atoms with Crippen LogP contribution in [0.3, 0.4) is 0 Å². The first-order valence-electron chi connectivity index (χ1n) is 10.1. The summed E-state index contributed by atoms with van der Waals surface area (Å²) >= 11 is 0. The van der Waals surface area contributed by atoms with Crippen LogP contribution in [0.25, 0.3) is 0 Å². The lowest BCUT2D eigenvalue weighted by Crippen LogP contribution is -2.55. The lowest BCUT2D eigenvalue weighted by Gasteiger charge is -2.49. The molecule has 3 aliphatic rings. The number of rotatable bonds is 2. The van der Waals surface area contributed by atoms with E-state index in [2.05, 4.69) is 21.9 Å². The van der Waals surface area contributed by atoms with Crippen molar-refractivity contribution in [2.45, 2.75) is 45.1 Å². The molecule has 1 aromatic heterocycles. The number of carbonyl (C=O) groups is 2. The number of aryl methyl sites for hydroxylation is 2. The minimum absolute atomic E-state index is 0.0941. The van der Waals surface area contributed by atoms with E-state index in [1.54, 1.807) is 4.68 Å². The monoisotopic (exact) mass is 373 g/mol. The predicted molar refractivity (Wildman–Crippen MR) is 102 cm³/mol. The minimum atomic E-state index is 0.0941. The van der Waals surface area contributed by atoms with E-state index in [9.17, 15) is 9.59 Å². The van der Waals surface area contributed by atoms with Gasteiger partial charge in [-0.15, -0.1) is 0 Å². The Balaban J connectivity index is 1.41. The van der Waals surface area contributed by atoms with Crippen molar-refractivity contribution in [2.24, 2.45) is 12.5 Å². The number of hydrogen-bond acceptors (Lipinski definition) is 4. The van der Waals surface area contributed by atoms with Crippen LogP contribution in [-0.4, -0.2) is 82.1 Å². The Kier molecular flexibility index (Phi) is 4.74. The van der Waals surface area contributed by atoms with Crippen LogP contribution in [-0.2, 0) is 11.8 Å². The van der Waals surface area contributed by atoms with E-state index in [4.69, 9.17) is 0 Å². The molecular formula is C20H31N5O2. The van der Waals surface area contributed by atoms with Gasteiger partial charge in [-0.1, -0.05) is 0 Å². The highest BCUT2D eigenvalue weighted by Gasteiger charge is 2.44. The second kappa shape index (κ2) is 6.93. The second-order valence-corrected chi connectivity index (χ2v) is 8.82. The molecule has 0 aromatic carbocycles. The third kappa shape index (κ3) is 3.49. The van der Waals surface area contributed by atoms with Gasteiger partial charge in [0, 0.05) is 51.9 Å². The number of likely N-dealkylation sites (N-methyl/N-ethyl adjacent to an activating group) is 1. The molecule has 2 amide bonds. The molecule has 0 bridgehead atoms. The molecule has 1 aromatic rings. The van der Waals surface area contributed by atoms with Crippen molar-refractivity contribution in [3.63, 3.8) is 0 Å². The Hall–Kier alpha value is -1.89. The highest BCUT2D eigenvalue weighted by atomic mass is 16.2. The average molecular weight is 374 g/mol. The van der Waals surface area contributed by atoms with Crippen molar-refractivity contribution in [3.05, 3.63) is 17.5 Å². The normalized spacial score (nSPS) is 26.2. The third-order valence-electron chi connectivity index (χ3n) is 6.86. The fraction of sp³-hybridized carbons (Fsp3) is 0.750. The number of amides is 2.